The number of benzene rings is 1. The van der Waals surface area contributed by atoms with Crippen molar-refractivity contribution in [1.29, 1.82) is 0 Å². The Morgan fingerprint density at radius 3 is 2.44 bits per heavy atom. The minimum Gasteiger partial charge on any atom is -0.398 e. The second kappa shape index (κ2) is 5.19. The normalized spacial score (nSPS) is 11.7. The largest absolute Gasteiger partial charge is 0.418 e. The van der Waals surface area contributed by atoms with E-state index in [-0.39, 0.29) is 0 Å². The van der Waals surface area contributed by atoms with Gasteiger partial charge in [-0.1, -0.05) is 6.07 Å². The molecule has 0 unspecified atom stereocenters. The van der Waals surface area contributed by atoms with E-state index in [1.54, 1.807) is 5.32 Å². The smallest absolute Gasteiger partial charge is 0.398 e. The van der Waals surface area contributed by atoms with E-state index >= 15 is 0 Å². The topological polar surface area (TPSA) is 55.1 Å². The molecule has 1 aromatic rings. The molecule has 0 aliphatic carbocycles. The van der Waals surface area contributed by atoms with Gasteiger partial charge < -0.3 is 11.1 Å². The summed E-state index contributed by atoms with van der Waals surface area (Å²) in [5.74, 6) is -1.07. The zero-order valence-corrected chi connectivity index (χ0v) is 8.89. The van der Waals surface area contributed by atoms with Gasteiger partial charge in [0, 0.05) is 0 Å². The minimum atomic E-state index is -4.71. The molecule has 3 nitrogen and oxygen atoms in total. The van der Waals surface area contributed by atoms with Gasteiger partial charge in [0.15, 0.2) is 0 Å². The molecular weight excluding hydrogens is 259 g/mol. The summed E-state index contributed by atoms with van der Waals surface area (Å²) in [5.41, 5.74) is 2.77. The van der Waals surface area contributed by atoms with Gasteiger partial charge >= 0.3 is 6.18 Å². The number of halogens is 5. The van der Waals surface area contributed by atoms with Crippen molar-refractivity contribution in [2.75, 3.05) is 12.3 Å². The summed E-state index contributed by atoms with van der Waals surface area (Å²) < 4.78 is 61.1. The summed E-state index contributed by atoms with van der Waals surface area (Å²) in [6.45, 7) is -0.950. The number of anilines is 1. The van der Waals surface area contributed by atoms with Crippen molar-refractivity contribution in [2.24, 2.45) is 0 Å². The highest BCUT2D eigenvalue weighted by molar-refractivity contribution is 5.99. The first-order valence-corrected chi connectivity index (χ1v) is 4.75. The van der Waals surface area contributed by atoms with E-state index in [2.05, 4.69) is 0 Å². The summed E-state index contributed by atoms with van der Waals surface area (Å²) in [5, 5.41) is 1.78. The molecule has 1 amide bonds. The predicted molar refractivity (Wildman–Crippen MR) is 54.2 cm³/mol. The number of carbonyl (C=O) groups is 1. The van der Waals surface area contributed by atoms with Crippen LogP contribution in [0.25, 0.3) is 0 Å². The van der Waals surface area contributed by atoms with E-state index in [9.17, 15) is 26.7 Å². The summed E-state index contributed by atoms with van der Waals surface area (Å²) in [7, 11) is 0. The number of para-hydroxylation sites is 1. The van der Waals surface area contributed by atoms with E-state index in [0.717, 1.165) is 12.1 Å². The lowest BCUT2D eigenvalue weighted by molar-refractivity contribution is -0.136. The summed E-state index contributed by atoms with van der Waals surface area (Å²) in [6.07, 6.45) is -7.50. The fourth-order valence-corrected chi connectivity index (χ4v) is 1.28. The van der Waals surface area contributed by atoms with Gasteiger partial charge in [-0.05, 0) is 12.1 Å². The van der Waals surface area contributed by atoms with Gasteiger partial charge in [-0.15, -0.1) is 0 Å². The number of nitrogens with one attached hydrogen (secondary N) is 1. The predicted octanol–water partition coefficient (Wildman–Crippen LogP) is 2.28. The Kier molecular flexibility index (Phi) is 4.10. The molecule has 0 saturated heterocycles. The molecular formula is C10H9F5N2O. The number of amides is 1. The quantitative estimate of drug-likeness (QED) is 0.652. The van der Waals surface area contributed by atoms with Gasteiger partial charge in [0.2, 0.25) is 0 Å². The molecule has 0 atom stereocenters. The molecule has 0 aromatic heterocycles. The fourth-order valence-electron chi connectivity index (χ4n) is 1.28. The molecule has 18 heavy (non-hydrogen) atoms. The minimum absolute atomic E-state index is 0.481. The zero-order valence-electron chi connectivity index (χ0n) is 8.89. The van der Waals surface area contributed by atoms with Gasteiger partial charge in [0.25, 0.3) is 12.3 Å². The van der Waals surface area contributed by atoms with E-state index in [0.29, 0.717) is 6.07 Å². The van der Waals surface area contributed by atoms with Gasteiger partial charge in [0.05, 0.1) is 23.4 Å². The highest BCUT2D eigenvalue weighted by Gasteiger charge is 2.34. The number of carbonyl (C=O) groups excluding carboxylic acids is 1. The Hall–Kier alpha value is -1.86. The van der Waals surface area contributed by atoms with Crippen molar-refractivity contribution in [3.8, 4) is 0 Å². The maximum atomic E-state index is 12.5. The highest BCUT2D eigenvalue weighted by Crippen LogP contribution is 2.34. The number of rotatable bonds is 3. The molecule has 0 fully saturated rings. The third-order valence-electron chi connectivity index (χ3n) is 2.07. The second-order valence-electron chi connectivity index (χ2n) is 3.37. The van der Waals surface area contributed by atoms with Crippen molar-refractivity contribution in [3.05, 3.63) is 29.3 Å². The second-order valence-corrected chi connectivity index (χ2v) is 3.37. The van der Waals surface area contributed by atoms with Gasteiger partial charge in [0.1, 0.15) is 0 Å². The van der Waals surface area contributed by atoms with E-state index in [4.69, 9.17) is 5.73 Å². The van der Waals surface area contributed by atoms with Crippen LogP contribution in [-0.2, 0) is 6.18 Å². The molecule has 0 saturated carbocycles. The molecule has 1 aromatic carbocycles. The standard InChI is InChI=1S/C10H9F5N2O/c11-7(12)4-17-9(18)5-2-1-3-6(8(5)16)10(13,14)15/h1-3,7H,4,16H2,(H,17,18). The first-order chi connectivity index (χ1) is 8.23. The Labute approximate surface area is 98.8 Å². The van der Waals surface area contributed by atoms with Crippen LogP contribution in [0.15, 0.2) is 18.2 Å². The van der Waals surface area contributed by atoms with Crippen LogP contribution in [0.5, 0.6) is 0 Å². The lowest BCUT2D eigenvalue weighted by Gasteiger charge is -2.13. The van der Waals surface area contributed by atoms with Crippen molar-refractivity contribution in [1.82, 2.24) is 5.32 Å². The lowest BCUT2D eigenvalue weighted by Crippen LogP contribution is -2.29. The average molecular weight is 268 g/mol. The third kappa shape index (κ3) is 3.31. The fraction of sp³-hybridized carbons (Fsp3) is 0.300. The van der Waals surface area contributed by atoms with Crippen molar-refractivity contribution in [3.63, 3.8) is 0 Å². The molecule has 100 valence electrons. The number of hydrogen-bond donors (Lipinski definition) is 2. The molecule has 0 spiro atoms. The summed E-state index contributed by atoms with van der Waals surface area (Å²) in [4.78, 5) is 11.4. The number of nitrogen functional groups attached to an aromatic ring is 1. The van der Waals surface area contributed by atoms with Crippen LogP contribution >= 0.6 is 0 Å². The Bertz CT molecular complexity index is 444. The van der Waals surface area contributed by atoms with Crippen LogP contribution in [-0.4, -0.2) is 18.9 Å². The average Bonchev–Trinajstić information content (AvgIpc) is 2.24. The highest BCUT2D eigenvalue weighted by atomic mass is 19.4. The van der Waals surface area contributed by atoms with E-state index < -0.39 is 41.9 Å². The molecule has 1 rings (SSSR count). The van der Waals surface area contributed by atoms with Gasteiger partial charge in [-0.2, -0.15) is 13.2 Å². The van der Waals surface area contributed by atoms with Gasteiger partial charge in [-0.25, -0.2) is 8.78 Å². The van der Waals surface area contributed by atoms with Crippen LogP contribution in [0.3, 0.4) is 0 Å². The molecule has 0 radical (unpaired) electrons. The van der Waals surface area contributed by atoms with E-state index in [1.807, 2.05) is 0 Å². The van der Waals surface area contributed by atoms with Crippen LogP contribution in [0, 0.1) is 0 Å². The Balaban J connectivity index is 3.01. The molecule has 0 bridgehead atoms. The van der Waals surface area contributed by atoms with Crippen LogP contribution in [0.1, 0.15) is 15.9 Å². The Morgan fingerprint density at radius 2 is 1.94 bits per heavy atom. The maximum absolute atomic E-state index is 12.5. The maximum Gasteiger partial charge on any atom is 0.418 e. The van der Waals surface area contributed by atoms with Crippen molar-refractivity contribution in [2.45, 2.75) is 12.6 Å². The van der Waals surface area contributed by atoms with Crippen LogP contribution in [0.4, 0.5) is 27.6 Å². The molecule has 0 aliphatic rings. The first kappa shape index (κ1) is 14.2. The molecule has 8 heteroatoms. The van der Waals surface area contributed by atoms with E-state index in [1.165, 1.54) is 0 Å². The van der Waals surface area contributed by atoms with Gasteiger partial charge in [-0.3, -0.25) is 4.79 Å². The monoisotopic (exact) mass is 268 g/mol. The first-order valence-electron chi connectivity index (χ1n) is 4.75. The SMILES string of the molecule is Nc1c(C(=O)NCC(F)F)cccc1C(F)(F)F. The van der Waals surface area contributed by atoms with Crippen LogP contribution in [0.2, 0.25) is 0 Å². The number of nitrogens with two attached hydrogens (primary N) is 1. The number of hydrogen-bond acceptors (Lipinski definition) is 2. The van der Waals surface area contributed by atoms with Crippen molar-refractivity contribution < 1.29 is 26.7 Å². The van der Waals surface area contributed by atoms with Crippen molar-refractivity contribution >= 4 is 11.6 Å². The van der Waals surface area contributed by atoms with Crippen LogP contribution < -0.4 is 11.1 Å². The third-order valence-corrected chi connectivity index (χ3v) is 2.07. The number of alkyl halides is 5. The Morgan fingerprint density at radius 1 is 1.33 bits per heavy atom. The molecule has 3 N–H and O–H groups in total. The summed E-state index contributed by atoms with van der Waals surface area (Å²) >= 11 is 0. The molecule has 0 heterocycles. The lowest BCUT2D eigenvalue weighted by atomic mass is 10.1. The zero-order chi connectivity index (χ0) is 13.9. The molecule has 0 aliphatic heterocycles. The summed E-state index contributed by atoms with van der Waals surface area (Å²) in [6, 6.07) is 2.72.